The summed E-state index contributed by atoms with van der Waals surface area (Å²) < 4.78 is 10.7. The summed E-state index contributed by atoms with van der Waals surface area (Å²) in [6.45, 7) is 0.779. The van der Waals surface area contributed by atoms with E-state index in [0.29, 0.717) is 36.8 Å². The van der Waals surface area contributed by atoms with Gasteiger partial charge in [-0.05, 0) is 40.8 Å². The molecule has 1 aliphatic heterocycles. The first-order chi connectivity index (χ1) is 18.4. The number of imidazole rings is 1. The molecule has 1 atom stereocenters. The molecule has 0 saturated carbocycles. The van der Waals surface area contributed by atoms with Crippen LogP contribution >= 0.6 is 0 Å². The molecular weight excluding hydrogens is 488 g/mol. The molecule has 0 spiro atoms. The van der Waals surface area contributed by atoms with Crippen LogP contribution in [0.4, 0.5) is 5.82 Å². The van der Waals surface area contributed by atoms with Crippen LogP contribution in [0.15, 0.2) is 48.5 Å². The number of nitrogens with zero attached hydrogens (tertiary/aromatic N) is 4. The van der Waals surface area contributed by atoms with E-state index < -0.39 is 5.97 Å². The molecule has 1 unspecified atom stereocenters. The fourth-order valence-corrected chi connectivity index (χ4v) is 4.61. The molecule has 11 nitrogen and oxygen atoms in total. The number of fused-ring (bicyclic) bond motifs is 1. The maximum atomic E-state index is 13.2. The van der Waals surface area contributed by atoms with E-state index in [4.69, 9.17) is 14.6 Å². The van der Waals surface area contributed by atoms with Crippen LogP contribution in [0, 0.1) is 0 Å². The van der Waals surface area contributed by atoms with Crippen LogP contribution in [0.25, 0.3) is 22.3 Å². The molecule has 3 N–H and O–H groups in total. The lowest BCUT2D eigenvalue weighted by Crippen LogP contribution is -2.31. The number of hydrogen-bond acceptors (Lipinski definition) is 8. The minimum absolute atomic E-state index is 0.00978. The van der Waals surface area contributed by atoms with Crippen molar-refractivity contribution in [3.63, 3.8) is 0 Å². The van der Waals surface area contributed by atoms with E-state index in [1.165, 1.54) is 7.11 Å². The Labute approximate surface area is 218 Å². The zero-order valence-corrected chi connectivity index (χ0v) is 21.1. The molecule has 2 aromatic carbocycles. The first-order valence-electron chi connectivity index (χ1n) is 12.2. The summed E-state index contributed by atoms with van der Waals surface area (Å²) in [6.07, 6.45) is 1.25. The average molecular weight is 517 g/mol. The third-order valence-corrected chi connectivity index (χ3v) is 6.57. The van der Waals surface area contributed by atoms with Gasteiger partial charge in [0.25, 0.3) is 11.8 Å². The standard InChI is InChI=1S/C27H28N6O5/c1-37-20-9-10-33(15-20)27(36)21-13-19(12-16-7-8-17-5-3-4-6-18(17)11-16)23(32-31-21)24-29-25(26(30-24)38-2)28-14-22(34)35/h3-8,11,13,20,28H,9-10,12,14-15H2,1-2H3,(H,29,30)(H,34,35). The van der Waals surface area contributed by atoms with Gasteiger partial charge in [-0.3, -0.25) is 9.59 Å². The molecule has 0 aliphatic carbocycles. The molecule has 5 rings (SSSR count). The number of methoxy groups -OCH3 is 2. The van der Waals surface area contributed by atoms with E-state index in [2.05, 4.69) is 49.7 Å². The Morgan fingerprint density at radius 1 is 1.13 bits per heavy atom. The summed E-state index contributed by atoms with van der Waals surface area (Å²) in [5.74, 6) is -0.379. The van der Waals surface area contributed by atoms with E-state index in [1.54, 1.807) is 18.1 Å². The Bertz CT molecular complexity index is 1490. The lowest BCUT2D eigenvalue weighted by Gasteiger charge is -2.16. The number of H-pyrrole nitrogens is 1. The quantitative estimate of drug-likeness (QED) is 0.306. The van der Waals surface area contributed by atoms with Crippen molar-refractivity contribution in [2.24, 2.45) is 0 Å². The SMILES string of the molecule is COc1nc(-c2nnc(C(=O)N3CCC(OC)C3)cc2Cc2ccc3ccccc3c2)[nH]c1NCC(=O)O. The number of rotatable bonds is 9. The van der Waals surface area contributed by atoms with Gasteiger partial charge in [-0.2, -0.15) is 4.98 Å². The van der Waals surface area contributed by atoms with Gasteiger partial charge in [0, 0.05) is 20.2 Å². The lowest BCUT2D eigenvalue weighted by atomic mass is 9.99. The minimum Gasteiger partial charge on any atom is -0.480 e. The van der Waals surface area contributed by atoms with E-state index in [9.17, 15) is 9.59 Å². The number of anilines is 1. The molecule has 1 aliphatic rings. The smallest absolute Gasteiger partial charge is 0.322 e. The molecule has 0 bridgehead atoms. The van der Waals surface area contributed by atoms with Crippen LogP contribution in [-0.2, 0) is 16.0 Å². The largest absolute Gasteiger partial charge is 0.480 e. The zero-order valence-electron chi connectivity index (χ0n) is 21.1. The van der Waals surface area contributed by atoms with E-state index >= 15 is 0 Å². The number of nitrogens with one attached hydrogen (secondary N) is 2. The van der Waals surface area contributed by atoms with Crippen molar-refractivity contribution in [1.82, 2.24) is 25.1 Å². The summed E-state index contributed by atoms with van der Waals surface area (Å²) in [5.41, 5.74) is 2.44. The number of carbonyl (C=O) groups is 2. The van der Waals surface area contributed by atoms with E-state index in [-0.39, 0.29) is 30.1 Å². The number of benzene rings is 2. The van der Waals surface area contributed by atoms with Crippen molar-refractivity contribution in [3.05, 3.63) is 65.4 Å². The number of aliphatic carboxylic acids is 1. The highest BCUT2D eigenvalue weighted by Gasteiger charge is 2.29. The maximum absolute atomic E-state index is 13.2. The number of hydrogen-bond donors (Lipinski definition) is 3. The summed E-state index contributed by atoms with van der Waals surface area (Å²) in [7, 11) is 3.09. The second kappa shape index (κ2) is 10.9. The van der Waals surface area contributed by atoms with Crippen molar-refractivity contribution < 1.29 is 24.2 Å². The number of aromatic amines is 1. The maximum Gasteiger partial charge on any atom is 0.322 e. The monoisotopic (exact) mass is 516 g/mol. The summed E-state index contributed by atoms with van der Waals surface area (Å²) in [6, 6.07) is 16.1. The Morgan fingerprint density at radius 3 is 2.68 bits per heavy atom. The van der Waals surface area contributed by atoms with Crippen molar-refractivity contribution in [3.8, 4) is 17.4 Å². The lowest BCUT2D eigenvalue weighted by molar-refractivity contribution is -0.134. The molecule has 0 radical (unpaired) electrons. The summed E-state index contributed by atoms with van der Waals surface area (Å²) >= 11 is 0. The number of amides is 1. The van der Waals surface area contributed by atoms with Crippen molar-refractivity contribution >= 4 is 28.5 Å². The highest BCUT2D eigenvalue weighted by Crippen LogP contribution is 2.29. The second-order valence-electron chi connectivity index (χ2n) is 9.08. The van der Waals surface area contributed by atoms with Gasteiger partial charge in [0.1, 0.15) is 12.2 Å². The molecule has 1 saturated heterocycles. The first-order valence-corrected chi connectivity index (χ1v) is 12.2. The Hall–Kier alpha value is -4.51. The minimum atomic E-state index is -1.03. The van der Waals surface area contributed by atoms with Gasteiger partial charge >= 0.3 is 5.97 Å². The zero-order chi connectivity index (χ0) is 26.6. The number of likely N-dealkylation sites (tertiary alicyclic amines) is 1. The van der Waals surface area contributed by atoms with Gasteiger partial charge < -0.3 is 29.8 Å². The van der Waals surface area contributed by atoms with Gasteiger partial charge in [-0.25, -0.2) is 0 Å². The third kappa shape index (κ3) is 5.28. The Morgan fingerprint density at radius 2 is 1.95 bits per heavy atom. The Balaban J connectivity index is 1.53. The van der Waals surface area contributed by atoms with Gasteiger partial charge in [0.05, 0.1) is 13.2 Å². The van der Waals surface area contributed by atoms with Crippen molar-refractivity contribution in [1.29, 1.82) is 0 Å². The fourth-order valence-electron chi connectivity index (χ4n) is 4.61. The summed E-state index contributed by atoms with van der Waals surface area (Å²) in [5, 5.41) is 22.7. The van der Waals surface area contributed by atoms with Crippen LogP contribution in [-0.4, -0.2) is 82.0 Å². The van der Waals surface area contributed by atoms with E-state index in [1.807, 2.05) is 18.2 Å². The third-order valence-electron chi connectivity index (χ3n) is 6.57. The normalized spacial score (nSPS) is 15.1. The van der Waals surface area contributed by atoms with Crippen LogP contribution in [0.3, 0.4) is 0 Å². The highest BCUT2D eigenvalue weighted by atomic mass is 16.5. The number of carboxylic acid groups (broad SMARTS) is 1. The van der Waals surface area contributed by atoms with Crippen molar-refractivity contribution in [2.45, 2.75) is 18.9 Å². The van der Waals surface area contributed by atoms with Crippen LogP contribution < -0.4 is 10.1 Å². The predicted octanol–water partition coefficient (Wildman–Crippen LogP) is 2.98. The number of ether oxygens (including phenoxy) is 2. The van der Waals surface area contributed by atoms with Crippen LogP contribution in [0.5, 0.6) is 5.88 Å². The topological polar surface area (TPSA) is 143 Å². The molecule has 11 heteroatoms. The molecule has 1 amide bonds. The van der Waals surface area contributed by atoms with Gasteiger partial charge in [-0.15, -0.1) is 10.2 Å². The second-order valence-corrected chi connectivity index (χ2v) is 9.08. The molecule has 2 aromatic heterocycles. The number of carboxylic acids is 1. The fraction of sp³-hybridized carbons (Fsp3) is 0.296. The van der Waals surface area contributed by atoms with Crippen molar-refractivity contribution in [2.75, 3.05) is 39.2 Å². The molecule has 3 heterocycles. The molecule has 38 heavy (non-hydrogen) atoms. The molecular formula is C27H28N6O5. The summed E-state index contributed by atoms with van der Waals surface area (Å²) in [4.78, 5) is 33.5. The molecule has 196 valence electrons. The predicted molar refractivity (Wildman–Crippen MR) is 140 cm³/mol. The van der Waals surface area contributed by atoms with Gasteiger partial charge in [-0.1, -0.05) is 42.5 Å². The van der Waals surface area contributed by atoms with Crippen LogP contribution in [0.1, 0.15) is 28.0 Å². The Kier molecular flexibility index (Phi) is 7.18. The van der Waals surface area contributed by atoms with Gasteiger partial charge in [0.15, 0.2) is 17.3 Å². The highest BCUT2D eigenvalue weighted by molar-refractivity contribution is 5.93. The molecule has 4 aromatic rings. The number of carbonyl (C=O) groups excluding carboxylic acids is 1. The van der Waals surface area contributed by atoms with Crippen LogP contribution in [0.2, 0.25) is 0 Å². The number of aromatic nitrogens is 4. The van der Waals surface area contributed by atoms with E-state index in [0.717, 1.165) is 28.3 Å². The first kappa shape index (κ1) is 25.2. The van der Waals surface area contributed by atoms with Gasteiger partial charge in [0.2, 0.25) is 0 Å². The average Bonchev–Trinajstić information content (AvgIpc) is 3.58. The molecule has 1 fully saturated rings.